The van der Waals surface area contributed by atoms with Crippen LogP contribution in [0.5, 0.6) is 5.88 Å². The maximum absolute atomic E-state index is 11.3. The van der Waals surface area contributed by atoms with E-state index < -0.39 is 4.92 Å². The molecule has 0 amide bonds. The first-order chi connectivity index (χ1) is 10.0. The first-order valence-corrected chi connectivity index (χ1v) is 7.14. The van der Waals surface area contributed by atoms with Crippen LogP contribution in [-0.2, 0) is 12.8 Å². The normalized spacial score (nSPS) is 10.7. The molecule has 0 aliphatic carbocycles. The predicted octanol–water partition coefficient (Wildman–Crippen LogP) is 2.47. The smallest absolute Gasteiger partial charge is 0.313 e. The maximum atomic E-state index is 11.3. The Hall–Kier alpha value is -2.03. The summed E-state index contributed by atoms with van der Waals surface area (Å²) in [7, 11) is 1.49. The van der Waals surface area contributed by atoms with Crippen LogP contribution < -0.4 is 4.74 Å². The number of hydrogen-bond donors (Lipinski definition) is 0. The number of hydrogen-bond acceptors (Lipinski definition) is 6. The van der Waals surface area contributed by atoms with E-state index in [2.05, 4.69) is 31.0 Å². The fraction of sp³-hybridized carbons (Fsp3) is 0.417. The van der Waals surface area contributed by atoms with Gasteiger partial charge in [0.2, 0.25) is 5.88 Å². The topological polar surface area (TPSA) is 96.0 Å². The molecule has 0 aromatic carbocycles. The third-order valence-corrected chi connectivity index (χ3v) is 3.50. The van der Waals surface area contributed by atoms with Crippen LogP contribution in [0.2, 0.25) is 0 Å². The average molecular weight is 356 g/mol. The van der Waals surface area contributed by atoms with Gasteiger partial charge in [-0.25, -0.2) is 4.98 Å². The van der Waals surface area contributed by atoms with Crippen LogP contribution in [0.4, 0.5) is 5.69 Å². The van der Waals surface area contributed by atoms with Gasteiger partial charge in [0.15, 0.2) is 0 Å². The number of methoxy groups -OCH3 is 1. The fourth-order valence-corrected chi connectivity index (χ4v) is 2.37. The van der Waals surface area contributed by atoms with Crippen molar-refractivity contribution in [3.8, 4) is 11.8 Å². The number of halogens is 1. The van der Waals surface area contributed by atoms with Gasteiger partial charge in [-0.1, -0.05) is 13.8 Å². The number of aromatic nitrogens is 4. The standard InChI is InChI=1S/C12H14BrN5O3/c1-4-8-10(18(19)20)9(5-2)17(16-8)12-14-6-7(13)11(15-12)21-3/h6H,4-5H2,1-3H3. The molecule has 0 atom stereocenters. The van der Waals surface area contributed by atoms with E-state index in [1.807, 2.05) is 13.8 Å². The summed E-state index contributed by atoms with van der Waals surface area (Å²) in [6.07, 6.45) is 2.44. The zero-order chi connectivity index (χ0) is 15.6. The number of nitrogens with zero attached hydrogens (tertiary/aromatic N) is 5. The molecule has 9 heteroatoms. The summed E-state index contributed by atoms with van der Waals surface area (Å²) in [5.41, 5.74) is 0.925. The summed E-state index contributed by atoms with van der Waals surface area (Å²) in [5.74, 6) is 0.591. The number of ether oxygens (including phenoxy) is 1. The Morgan fingerprint density at radius 3 is 2.67 bits per heavy atom. The maximum Gasteiger partial charge on any atom is 0.313 e. The quantitative estimate of drug-likeness (QED) is 0.603. The SMILES string of the molecule is CCc1nn(-c2ncc(Br)c(OC)n2)c(CC)c1[N+](=O)[O-]. The minimum atomic E-state index is -0.406. The second-order valence-corrected chi connectivity index (χ2v) is 5.00. The summed E-state index contributed by atoms with van der Waals surface area (Å²) in [6, 6.07) is 0. The molecule has 8 nitrogen and oxygen atoms in total. The summed E-state index contributed by atoms with van der Waals surface area (Å²) >= 11 is 3.27. The van der Waals surface area contributed by atoms with E-state index >= 15 is 0 Å². The van der Waals surface area contributed by atoms with E-state index in [0.29, 0.717) is 34.6 Å². The van der Waals surface area contributed by atoms with Gasteiger partial charge >= 0.3 is 5.69 Å². The van der Waals surface area contributed by atoms with Crippen LogP contribution in [0.1, 0.15) is 25.2 Å². The molecular formula is C12H14BrN5O3. The first kappa shape index (κ1) is 15.4. The Bertz CT molecular complexity index is 686. The molecule has 2 aromatic rings. The summed E-state index contributed by atoms with van der Waals surface area (Å²) in [6.45, 7) is 3.65. The van der Waals surface area contributed by atoms with Crippen LogP contribution in [0.3, 0.4) is 0 Å². The van der Waals surface area contributed by atoms with Gasteiger partial charge in [0.25, 0.3) is 5.95 Å². The molecule has 2 aromatic heterocycles. The average Bonchev–Trinajstić information content (AvgIpc) is 2.86. The molecule has 0 saturated carbocycles. The lowest BCUT2D eigenvalue weighted by molar-refractivity contribution is -0.386. The molecule has 0 saturated heterocycles. The van der Waals surface area contributed by atoms with Gasteiger partial charge in [-0.2, -0.15) is 14.8 Å². The molecule has 0 aliphatic rings. The second kappa shape index (κ2) is 6.17. The lowest BCUT2D eigenvalue weighted by Crippen LogP contribution is -2.08. The van der Waals surface area contributed by atoms with Crippen LogP contribution >= 0.6 is 15.9 Å². The van der Waals surface area contributed by atoms with Crippen molar-refractivity contribution < 1.29 is 9.66 Å². The van der Waals surface area contributed by atoms with Crippen LogP contribution in [-0.4, -0.2) is 31.8 Å². The van der Waals surface area contributed by atoms with Gasteiger partial charge in [-0.3, -0.25) is 10.1 Å². The predicted molar refractivity (Wildman–Crippen MR) is 78.8 cm³/mol. The van der Waals surface area contributed by atoms with Crippen molar-refractivity contribution in [1.29, 1.82) is 0 Å². The van der Waals surface area contributed by atoms with Crippen molar-refractivity contribution in [2.45, 2.75) is 26.7 Å². The number of rotatable bonds is 5. The molecule has 21 heavy (non-hydrogen) atoms. The molecular weight excluding hydrogens is 342 g/mol. The van der Waals surface area contributed by atoms with Crippen LogP contribution in [0, 0.1) is 10.1 Å². The van der Waals surface area contributed by atoms with Gasteiger partial charge in [-0.15, -0.1) is 0 Å². The first-order valence-electron chi connectivity index (χ1n) is 6.35. The van der Waals surface area contributed by atoms with Gasteiger partial charge in [-0.05, 0) is 28.8 Å². The Morgan fingerprint density at radius 1 is 1.43 bits per heavy atom. The lowest BCUT2D eigenvalue weighted by atomic mass is 10.2. The van der Waals surface area contributed by atoms with Crippen LogP contribution in [0.25, 0.3) is 5.95 Å². The van der Waals surface area contributed by atoms with Crippen LogP contribution in [0.15, 0.2) is 10.7 Å². The van der Waals surface area contributed by atoms with E-state index in [4.69, 9.17) is 4.74 Å². The monoisotopic (exact) mass is 355 g/mol. The minimum Gasteiger partial charge on any atom is -0.480 e. The van der Waals surface area contributed by atoms with Crippen molar-refractivity contribution in [3.63, 3.8) is 0 Å². The molecule has 0 spiro atoms. The highest BCUT2D eigenvalue weighted by Gasteiger charge is 2.27. The number of nitro groups is 1. The van der Waals surface area contributed by atoms with Crippen molar-refractivity contribution in [1.82, 2.24) is 19.7 Å². The summed E-state index contributed by atoms with van der Waals surface area (Å²) < 4.78 is 7.13. The Balaban J connectivity index is 2.66. The van der Waals surface area contributed by atoms with E-state index in [0.717, 1.165) is 0 Å². The van der Waals surface area contributed by atoms with Gasteiger partial charge in [0.1, 0.15) is 11.4 Å². The highest BCUT2D eigenvalue weighted by Crippen LogP contribution is 2.28. The second-order valence-electron chi connectivity index (χ2n) is 4.15. The molecule has 0 bridgehead atoms. The Labute approximate surface area is 129 Å². The highest BCUT2D eigenvalue weighted by atomic mass is 79.9. The van der Waals surface area contributed by atoms with E-state index in [-0.39, 0.29) is 11.6 Å². The Morgan fingerprint density at radius 2 is 2.14 bits per heavy atom. The van der Waals surface area contributed by atoms with Crippen molar-refractivity contribution in [3.05, 3.63) is 32.2 Å². The zero-order valence-electron chi connectivity index (χ0n) is 11.8. The molecule has 2 heterocycles. The third-order valence-electron chi connectivity index (χ3n) is 2.96. The van der Waals surface area contributed by atoms with E-state index in [1.54, 1.807) is 0 Å². The Kier molecular flexibility index (Phi) is 4.51. The third kappa shape index (κ3) is 2.73. The zero-order valence-corrected chi connectivity index (χ0v) is 13.4. The lowest BCUT2D eigenvalue weighted by Gasteiger charge is -2.06. The summed E-state index contributed by atoms with van der Waals surface area (Å²) in [4.78, 5) is 19.2. The molecule has 0 radical (unpaired) electrons. The molecule has 0 unspecified atom stereocenters. The van der Waals surface area contributed by atoms with Gasteiger partial charge in [0, 0.05) is 0 Å². The van der Waals surface area contributed by atoms with Gasteiger partial charge in [0.05, 0.1) is 22.7 Å². The fourth-order valence-electron chi connectivity index (χ4n) is 2.01. The molecule has 2 rings (SSSR count). The van der Waals surface area contributed by atoms with Crippen molar-refractivity contribution in [2.24, 2.45) is 0 Å². The summed E-state index contributed by atoms with van der Waals surface area (Å²) in [5, 5.41) is 15.5. The van der Waals surface area contributed by atoms with Crippen molar-refractivity contribution in [2.75, 3.05) is 7.11 Å². The molecule has 0 fully saturated rings. The van der Waals surface area contributed by atoms with E-state index in [1.165, 1.54) is 18.0 Å². The highest BCUT2D eigenvalue weighted by molar-refractivity contribution is 9.10. The molecule has 112 valence electrons. The van der Waals surface area contributed by atoms with Gasteiger partial charge < -0.3 is 4.74 Å². The minimum absolute atomic E-state index is 0.0329. The largest absolute Gasteiger partial charge is 0.480 e. The van der Waals surface area contributed by atoms with Crippen molar-refractivity contribution >= 4 is 21.6 Å². The van der Waals surface area contributed by atoms with E-state index in [9.17, 15) is 10.1 Å². The molecule has 0 N–H and O–H groups in total. The number of aryl methyl sites for hydroxylation is 1. The molecule has 0 aliphatic heterocycles.